The molecule has 0 bridgehead atoms. The third-order valence-electron chi connectivity index (χ3n) is 4.59. The summed E-state index contributed by atoms with van der Waals surface area (Å²) in [6, 6.07) is 7.57. The monoisotopic (exact) mass is 379 g/mol. The van der Waals surface area contributed by atoms with Gasteiger partial charge in [-0.05, 0) is 44.0 Å². The molecule has 0 saturated heterocycles. The lowest BCUT2D eigenvalue weighted by Gasteiger charge is -2.32. The van der Waals surface area contributed by atoms with E-state index in [2.05, 4.69) is 10.2 Å². The first-order valence-electron chi connectivity index (χ1n) is 8.57. The molecule has 1 aliphatic rings. The first-order valence-corrected chi connectivity index (χ1v) is 9.83. The normalized spacial score (nSPS) is 16.6. The summed E-state index contributed by atoms with van der Waals surface area (Å²) in [4.78, 5) is 14.6. The number of aromatic nitrogens is 2. The zero-order chi connectivity index (χ0) is 17.8. The Kier molecular flexibility index (Phi) is 6.02. The van der Waals surface area contributed by atoms with Crippen molar-refractivity contribution in [3.63, 3.8) is 0 Å². The Bertz CT molecular complexity index is 713. The van der Waals surface area contributed by atoms with Crippen molar-refractivity contribution in [2.24, 2.45) is 0 Å². The Morgan fingerprint density at radius 2 is 1.92 bits per heavy atom. The standard InChI is InChI=1S/C18H22ClN3O2S/c1-12(17(23)22(2)15-6-4-3-5-7-15)25-18-21-20-16(24-18)13-8-10-14(19)11-9-13/h8-12,15H,3-7H2,1-2H3/t12-/m1/s1. The van der Waals surface area contributed by atoms with Gasteiger partial charge in [0.2, 0.25) is 11.8 Å². The molecule has 0 N–H and O–H groups in total. The van der Waals surface area contributed by atoms with Crippen LogP contribution in [0.4, 0.5) is 0 Å². The molecule has 0 aliphatic heterocycles. The van der Waals surface area contributed by atoms with E-state index in [0.717, 1.165) is 18.4 Å². The highest BCUT2D eigenvalue weighted by atomic mass is 35.5. The van der Waals surface area contributed by atoms with Crippen molar-refractivity contribution in [1.29, 1.82) is 0 Å². The van der Waals surface area contributed by atoms with Crippen molar-refractivity contribution in [3.8, 4) is 11.5 Å². The summed E-state index contributed by atoms with van der Waals surface area (Å²) in [5.41, 5.74) is 0.807. The van der Waals surface area contributed by atoms with Gasteiger partial charge in [0.25, 0.3) is 5.22 Å². The fourth-order valence-electron chi connectivity index (χ4n) is 3.10. The van der Waals surface area contributed by atoms with E-state index in [1.165, 1.54) is 31.0 Å². The van der Waals surface area contributed by atoms with Crippen molar-refractivity contribution >= 4 is 29.3 Å². The number of nitrogens with zero attached hydrogens (tertiary/aromatic N) is 3. The number of carbonyl (C=O) groups is 1. The molecule has 0 spiro atoms. The molecule has 3 rings (SSSR count). The molecule has 0 unspecified atom stereocenters. The van der Waals surface area contributed by atoms with E-state index >= 15 is 0 Å². The maximum Gasteiger partial charge on any atom is 0.277 e. The van der Waals surface area contributed by atoms with Crippen LogP contribution >= 0.6 is 23.4 Å². The van der Waals surface area contributed by atoms with Crippen LogP contribution in [-0.4, -0.2) is 39.3 Å². The largest absolute Gasteiger partial charge is 0.411 e. The average molecular weight is 380 g/mol. The molecule has 1 heterocycles. The number of thioether (sulfide) groups is 1. The number of halogens is 1. The number of amides is 1. The quantitative estimate of drug-likeness (QED) is 0.707. The Hall–Kier alpha value is -1.53. The number of benzene rings is 1. The van der Waals surface area contributed by atoms with Crippen LogP contribution in [0.15, 0.2) is 33.9 Å². The number of rotatable bonds is 5. The van der Waals surface area contributed by atoms with Gasteiger partial charge < -0.3 is 9.32 Å². The SMILES string of the molecule is C[C@@H](Sc1nnc(-c2ccc(Cl)cc2)o1)C(=O)N(C)C1CCCCC1. The molecule has 1 amide bonds. The first kappa shape index (κ1) is 18.3. The fourth-order valence-corrected chi connectivity index (χ4v) is 4.01. The predicted octanol–water partition coefficient (Wildman–Crippen LogP) is 4.66. The highest BCUT2D eigenvalue weighted by Gasteiger charge is 2.27. The minimum atomic E-state index is -0.259. The topological polar surface area (TPSA) is 59.2 Å². The van der Waals surface area contributed by atoms with E-state index in [-0.39, 0.29) is 11.2 Å². The molecule has 1 aliphatic carbocycles. The molecule has 1 aromatic carbocycles. The van der Waals surface area contributed by atoms with Crippen molar-refractivity contribution in [3.05, 3.63) is 29.3 Å². The molecule has 1 fully saturated rings. The third kappa shape index (κ3) is 4.55. The maximum absolute atomic E-state index is 12.7. The van der Waals surface area contributed by atoms with E-state index in [1.54, 1.807) is 12.1 Å². The van der Waals surface area contributed by atoms with Crippen molar-refractivity contribution < 1.29 is 9.21 Å². The van der Waals surface area contributed by atoms with Crippen LogP contribution in [0.3, 0.4) is 0 Å². The van der Waals surface area contributed by atoms with Crippen molar-refractivity contribution in [2.75, 3.05) is 7.05 Å². The second kappa shape index (κ2) is 8.23. The average Bonchev–Trinajstić information content (AvgIpc) is 3.10. The zero-order valence-corrected chi connectivity index (χ0v) is 16.0. The van der Waals surface area contributed by atoms with Gasteiger partial charge in [-0.2, -0.15) is 0 Å². The maximum atomic E-state index is 12.7. The smallest absolute Gasteiger partial charge is 0.277 e. The van der Waals surface area contributed by atoms with Gasteiger partial charge in [-0.15, -0.1) is 10.2 Å². The molecule has 25 heavy (non-hydrogen) atoms. The lowest BCUT2D eigenvalue weighted by molar-refractivity contribution is -0.131. The van der Waals surface area contributed by atoms with Gasteiger partial charge in [-0.3, -0.25) is 4.79 Å². The summed E-state index contributed by atoms with van der Waals surface area (Å²) in [6.07, 6.45) is 5.88. The van der Waals surface area contributed by atoms with Gasteiger partial charge in [-0.25, -0.2) is 0 Å². The van der Waals surface area contributed by atoms with Crippen molar-refractivity contribution in [2.45, 2.75) is 55.5 Å². The van der Waals surface area contributed by atoms with Gasteiger partial charge in [0.1, 0.15) is 0 Å². The van der Waals surface area contributed by atoms with E-state index < -0.39 is 0 Å². The Labute approximate surface area is 157 Å². The molecule has 0 radical (unpaired) electrons. The lowest BCUT2D eigenvalue weighted by Crippen LogP contribution is -2.42. The second-order valence-electron chi connectivity index (χ2n) is 6.38. The molecular formula is C18H22ClN3O2S. The van der Waals surface area contributed by atoms with Gasteiger partial charge in [0.05, 0.1) is 5.25 Å². The minimum absolute atomic E-state index is 0.114. The van der Waals surface area contributed by atoms with Gasteiger partial charge in [0, 0.05) is 23.7 Å². The van der Waals surface area contributed by atoms with Crippen LogP contribution in [0.5, 0.6) is 0 Å². The zero-order valence-electron chi connectivity index (χ0n) is 14.4. The Morgan fingerprint density at radius 3 is 2.60 bits per heavy atom. The van der Waals surface area contributed by atoms with Crippen LogP contribution in [0, 0.1) is 0 Å². The van der Waals surface area contributed by atoms with E-state index in [4.69, 9.17) is 16.0 Å². The molecule has 2 aromatic rings. The molecule has 7 heteroatoms. The molecule has 1 atom stereocenters. The van der Waals surface area contributed by atoms with E-state index in [0.29, 0.717) is 22.2 Å². The molecule has 134 valence electrons. The summed E-state index contributed by atoms with van der Waals surface area (Å²) in [5.74, 6) is 0.544. The van der Waals surface area contributed by atoms with Crippen LogP contribution < -0.4 is 0 Å². The summed E-state index contributed by atoms with van der Waals surface area (Å²) < 4.78 is 5.68. The Balaban J connectivity index is 1.61. The van der Waals surface area contributed by atoms with Gasteiger partial charge in [0.15, 0.2) is 0 Å². The van der Waals surface area contributed by atoms with Crippen LogP contribution in [0.1, 0.15) is 39.0 Å². The van der Waals surface area contributed by atoms with Crippen LogP contribution in [0.25, 0.3) is 11.5 Å². The van der Waals surface area contributed by atoms with Crippen molar-refractivity contribution in [1.82, 2.24) is 15.1 Å². The van der Waals surface area contributed by atoms with E-state index in [9.17, 15) is 4.79 Å². The number of carbonyl (C=O) groups excluding carboxylic acids is 1. The lowest BCUT2D eigenvalue weighted by atomic mass is 9.94. The summed E-state index contributed by atoms with van der Waals surface area (Å²) in [5, 5.41) is 8.91. The number of hydrogen-bond donors (Lipinski definition) is 0. The van der Waals surface area contributed by atoms with Gasteiger partial charge in [-0.1, -0.05) is 42.6 Å². The molecule has 5 nitrogen and oxygen atoms in total. The Morgan fingerprint density at radius 1 is 1.24 bits per heavy atom. The van der Waals surface area contributed by atoms with Crippen LogP contribution in [-0.2, 0) is 4.79 Å². The predicted molar refractivity (Wildman–Crippen MR) is 99.7 cm³/mol. The third-order valence-corrected chi connectivity index (χ3v) is 5.77. The highest BCUT2D eigenvalue weighted by Crippen LogP contribution is 2.29. The minimum Gasteiger partial charge on any atom is -0.411 e. The highest BCUT2D eigenvalue weighted by molar-refractivity contribution is 8.00. The second-order valence-corrected chi connectivity index (χ2v) is 8.11. The molecule has 1 saturated carbocycles. The van der Waals surface area contributed by atoms with Crippen LogP contribution in [0.2, 0.25) is 5.02 Å². The molecule has 1 aromatic heterocycles. The number of hydrogen-bond acceptors (Lipinski definition) is 5. The van der Waals surface area contributed by atoms with Gasteiger partial charge >= 0.3 is 0 Å². The molecular weight excluding hydrogens is 358 g/mol. The first-order chi connectivity index (χ1) is 12.0. The summed E-state index contributed by atoms with van der Waals surface area (Å²) in [6.45, 7) is 1.89. The van der Waals surface area contributed by atoms with E-state index in [1.807, 2.05) is 31.0 Å². The summed E-state index contributed by atoms with van der Waals surface area (Å²) >= 11 is 7.19. The fraction of sp³-hybridized carbons (Fsp3) is 0.500. The summed E-state index contributed by atoms with van der Waals surface area (Å²) in [7, 11) is 1.91.